The number of benzene rings is 2. The second-order valence-corrected chi connectivity index (χ2v) is 18.4. The Morgan fingerprint density at radius 3 is 1.50 bits per heavy atom. The fourth-order valence-electron chi connectivity index (χ4n) is 8.26. The lowest BCUT2D eigenvalue weighted by Crippen LogP contribution is -2.47. The predicted molar refractivity (Wildman–Crippen MR) is 205 cm³/mol. The molecule has 0 aromatic heterocycles. The highest BCUT2D eigenvalue weighted by Gasteiger charge is 2.49. The maximum Gasteiger partial charge on any atom is 0.410 e. The first-order valence-electron chi connectivity index (χ1n) is 18.8. The maximum atomic E-state index is 13.4. The van der Waals surface area contributed by atoms with Gasteiger partial charge in [-0.2, -0.15) is 0 Å². The van der Waals surface area contributed by atoms with Gasteiger partial charge in [-0.15, -0.1) is 0 Å². The zero-order valence-corrected chi connectivity index (χ0v) is 33.6. The van der Waals surface area contributed by atoms with Crippen LogP contribution in [0, 0.1) is 10.8 Å². The highest BCUT2D eigenvalue weighted by molar-refractivity contribution is 9.10. The molecule has 2 aromatic carbocycles. The molecule has 0 N–H and O–H groups in total. The summed E-state index contributed by atoms with van der Waals surface area (Å²) in [4.78, 5) is 59.0. The van der Waals surface area contributed by atoms with Crippen LogP contribution in [0.5, 0.6) is 0 Å². The van der Waals surface area contributed by atoms with E-state index >= 15 is 0 Å². The van der Waals surface area contributed by atoms with Crippen molar-refractivity contribution in [1.29, 1.82) is 0 Å². The van der Waals surface area contributed by atoms with E-state index < -0.39 is 11.2 Å². The standard InChI is InChI=1S/C23H33N3O3.C18H22BrNO3/c1-22(2,3)29-21(28)26-9-7-23(8-10-26)16-17-5-6-18(15-19(17)20(23)27)25-13-11-24(4)12-14-25;1-17(2,3)23-16(22)20-8-6-18(7-9-20)11-12-4-5-13(19)10-14(12)15(18)21/h5-6,15H,7-14,16H2,1-4H3;4-5,10H,6-9,11H2,1-3H3. The number of carbonyl (C=O) groups excluding carboxylic acids is 4. The molecule has 3 aliphatic heterocycles. The fourth-order valence-corrected chi connectivity index (χ4v) is 8.62. The molecule has 0 saturated carbocycles. The van der Waals surface area contributed by atoms with Gasteiger partial charge in [0, 0.05) is 84.5 Å². The van der Waals surface area contributed by atoms with Crippen LogP contribution < -0.4 is 4.90 Å². The number of likely N-dealkylation sites (N-methyl/N-ethyl adjacent to an activating group) is 1. The summed E-state index contributed by atoms with van der Waals surface area (Å²) < 4.78 is 11.9. The number of anilines is 1. The topological polar surface area (TPSA) is 99.7 Å². The number of hydrogen-bond donors (Lipinski definition) is 0. The molecule has 0 unspecified atom stereocenters. The number of ketones is 2. The molecule has 3 fully saturated rings. The minimum Gasteiger partial charge on any atom is -0.444 e. The lowest BCUT2D eigenvalue weighted by atomic mass is 9.75. The van der Waals surface area contributed by atoms with Crippen molar-refractivity contribution in [1.82, 2.24) is 14.7 Å². The third-order valence-electron chi connectivity index (χ3n) is 11.3. The quantitative estimate of drug-likeness (QED) is 0.296. The second-order valence-electron chi connectivity index (χ2n) is 17.4. The first-order valence-corrected chi connectivity index (χ1v) is 19.6. The molecule has 3 heterocycles. The van der Waals surface area contributed by atoms with Crippen molar-refractivity contribution < 1.29 is 28.7 Å². The van der Waals surface area contributed by atoms with Crippen LogP contribution in [0.25, 0.3) is 0 Å². The summed E-state index contributed by atoms with van der Waals surface area (Å²) in [5, 5.41) is 0. The van der Waals surface area contributed by atoms with Gasteiger partial charge < -0.3 is 29.1 Å². The molecule has 3 saturated heterocycles. The molecule has 10 nitrogen and oxygen atoms in total. The van der Waals surface area contributed by atoms with E-state index in [9.17, 15) is 19.2 Å². The number of piperazine rings is 1. The Morgan fingerprint density at radius 1 is 0.635 bits per heavy atom. The van der Waals surface area contributed by atoms with Crippen LogP contribution >= 0.6 is 15.9 Å². The van der Waals surface area contributed by atoms with Crippen LogP contribution in [0.4, 0.5) is 15.3 Å². The molecule has 2 aromatic rings. The van der Waals surface area contributed by atoms with Gasteiger partial charge in [0.2, 0.25) is 0 Å². The zero-order chi connectivity index (χ0) is 37.6. The van der Waals surface area contributed by atoms with Crippen molar-refractivity contribution in [2.24, 2.45) is 10.8 Å². The summed E-state index contributed by atoms with van der Waals surface area (Å²) in [6.07, 6.45) is 3.87. The Bertz CT molecular complexity index is 1700. The first-order chi connectivity index (χ1) is 24.4. The average molecular weight is 780 g/mol. The van der Waals surface area contributed by atoms with Gasteiger partial charge >= 0.3 is 12.2 Å². The molecular weight excluding hydrogens is 724 g/mol. The van der Waals surface area contributed by atoms with Gasteiger partial charge in [0.15, 0.2) is 11.6 Å². The van der Waals surface area contributed by atoms with Crippen LogP contribution in [0.15, 0.2) is 40.9 Å². The summed E-state index contributed by atoms with van der Waals surface area (Å²) >= 11 is 3.44. The minimum atomic E-state index is -0.495. The molecule has 2 spiro atoms. The lowest BCUT2D eigenvalue weighted by molar-refractivity contribution is 0.0108. The number of fused-ring (bicyclic) bond motifs is 2. The molecule has 7 rings (SSSR count). The molecule has 5 aliphatic rings. The van der Waals surface area contributed by atoms with E-state index in [2.05, 4.69) is 51.0 Å². The number of likely N-dealkylation sites (tertiary alicyclic amines) is 2. The molecule has 11 heteroatoms. The largest absolute Gasteiger partial charge is 0.444 e. The molecule has 52 heavy (non-hydrogen) atoms. The number of hydrogen-bond acceptors (Lipinski definition) is 8. The van der Waals surface area contributed by atoms with Crippen LogP contribution in [0.1, 0.15) is 99.1 Å². The molecule has 0 bridgehead atoms. The summed E-state index contributed by atoms with van der Waals surface area (Å²) in [6, 6.07) is 12.4. The van der Waals surface area contributed by atoms with Crippen molar-refractivity contribution >= 4 is 45.4 Å². The maximum absolute atomic E-state index is 13.4. The van der Waals surface area contributed by atoms with Crippen LogP contribution in [0.3, 0.4) is 0 Å². The van der Waals surface area contributed by atoms with E-state index in [0.29, 0.717) is 51.9 Å². The number of nitrogens with zero attached hydrogens (tertiary/aromatic N) is 4. The van der Waals surface area contributed by atoms with E-state index in [-0.39, 0.29) is 34.6 Å². The van der Waals surface area contributed by atoms with Gasteiger partial charge in [-0.25, -0.2) is 9.59 Å². The van der Waals surface area contributed by atoms with Crippen LogP contribution in [0.2, 0.25) is 0 Å². The fraction of sp³-hybridized carbons (Fsp3) is 0.610. The Hall–Kier alpha value is -3.44. The van der Waals surface area contributed by atoms with Crippen molar-refractivity contribution in [2.75, 3.05) is 64.3 Å². The molecule has 0 radical (unpaired) electrons. The average Bonchev–Trinajstić information content (AvgIpc) is 3.49. The predicted octanol–water partition coefficient (Wildman–Crippen LogP) is 7.40. The third kappa shape index (κ3) is 8.20. The summed E-state index contributed by atoms with van der Waals surface area (Å²) in [7, 11) is 2.15. The number of rotatable bonds is 1. The van der Waals surface area contributed by atoms with Gasteiger partial charge in [0.05, 0.1) is 0 Å². The van der Waals surface area contributed by atoms with E-state index in [1.165, 1.54) is 5.56 Å². The number of halogens is 1. The second kappa shape index (κ2) is 14.4. The van der Waals surface area contributed by atoms with Crippen molar-refractivity contribution in [3.8, 4) is 0 Å². The highest BCUT2D eigenvalue weighted by atomic mass is 79.9. The summed E-state index contributed by atoms with van der Waals surface area (Å²) in [6.45, 7) is 17.7. The third-order valence-corrected chi connectivity index (χ3v) is 11.8. The monoisotopic (exact) mass is 778 g/mol. The van der Waals surface area contributed by atoms with Crippen molar-refractivity contribution in [2.45, 2.75) is 91.3 Å². The van der Waals surface area contributed by atoms with Crippen molar-refractivity contribution in [3.63, 3.8) is 0 Å². The SMILES string of the molecule is CC(C)(C)OC(=O)N1CCC2(CC1)Cc1ccc(Br)cc1C2=O.CN1CCN(c2ccc3c(c2)C(=O)C2(CCN(C(=O)OC(C)(C)C)CC2)C3)CC1. The molecule has 2 amide bonds. The van der Waals surface area contributed by atoms with Gasteiger partial charge in [0.1, 0.15) is 11.2 Å². The molecule has 2 aliphatic carbocycles. The Morgan fingerprint density at radius 2 is 1.06 bits per heavy atom. The van der Waals surface area contributed by atoms with Gasteiger partial charge in [-0.1, -0.05) is 28.1 Å². The van der Waals surface area contributed by atoms with Crippen LogP contribution in [-0.4, -0.2) is 109 Å². The Labute approximate surface area is 317 Å². The number of Topliss-reactive ketones (excluding diaryl/α,β-unsaturated/α-hetero) is 2. The van der Waals surface area contributed by atoms with Crippen molar-refractivity contribution in [3.05, 3.63) is 63.1 Å². The summed E-state index contributed by atoms with van der Waals surface area (Å²) in [5.74, 6) is 0.505. The smallest absolute Gasteiger partial charge is 0.410 e. The van der Waals surface area contributed by atoms with E-state index in [0.717, 1.165) is 65.9 Å². The normalized spacial score (nSPS) is 21.1. The number of piperidine rings is 2. The van der Waals surface area contributed by atoms with Crippen LogP contribution in [-0.2, 0) is 22.3 Å². The lowest BCUT2D eigenvalue weighted by Gasteiger charge is -2.38. The number of amides is 2. The number of ether oxygens (including phenoxy) is 2. The van der Waals surface area contributed by atoms with E-state index in [4.69, 9.17) is 9.47 Å². The highest BCUT2D eigenvalue weighted by Crippen LogP contribution is 2.47. The van der Waals surface area contributed by atoms with E-state index in [1.54, 1.807) is 9.80 Å². The summed E-state index contributed by atoms with van der Waals surface area (Å²) in [5.41, 5.74) is 3.53. The molecule has 282 valence electrons. The first kappa shape index (κ1) is 38.3. The van der Waals surface area contributed by atoms with Gasteiger partial charge in [-0.3, -0.25) is 9.59 Å². The Kier molecular flexibility index (Phi) is 10.6. The molecule has 0 atom stereocenters. The van der Waals surface area contributed by atoms with Gasteiger partial charge in [0.25, 0.3) is 0 Å². The Balaban J connectivity index is 0.000000183. The minimum absolute atomic E-state index is 0.234. The number of carbonyl (C=O) groups is 4. The van der Waals surface area contributed by atoms with Gasteiger partial charge in [-0.05, 0) is 123 Å². The molecular formula is C41H55BrN4O6. The zero-order valence-electron chi connectivity index (χ0n) is 32.0. The van der Waals surface area contributed by atoms with E-state index in [1.807, 2.05) is 59.7 Å².